The minimum atomic E-state index is 0.883. The minimum absolute atomic E-state index is 0.883. The van der Waals surface area contributed by atoms with Crippen molar-refractivity contribution in [3.63, 3.8) is 0 Å². The molecule has 156 valence electrons. The number of furan rings is 1. The average Bonchev–Trinajstić information content (AvgIpc) is 3.28. The summed E-state index contributed by atoms with van der Waals surface area (Å²) < 4.78 is 6.53. The van der Waals surface area contributed by atoms with E-state index in [1.54, 1.807) is 0 Å². The Morgan fingerprint density at radius 2 is 1.45 bits per heavy atom. The highest BCUT2D eigenvalue weighted by atomic mass is 16.3. The molecule has 0 amide bonds. The third-order valence-electron chi connectivity index (χ3n) is 6.81. The SMILES string of the molecule is c1ccc(-c2cc(-c3nccc4c5c(oc34)CCc3ccccc3-5)cc3ccccc23)cc1. The molecule has 7 rings (SSSR count). The first-order chi connectivity index (χ1) is 16.4. The number of fused-ring (bicyclic) bond motifs is 6. The van der Waals surface area contributed by atoms with E-state index in [9.17, 15) is 0 Å². The molecule has 33 heavy (non-hydrogen) atoms. The highest BCUT2D eigenvalue weighted by molar-refractivity contribution is 6.05. The van der Waals surface area contributed by atoms with Gasteiger partial charge >= 0.3 is 0 Å². The van der Waals surface area contributed by atoms with Crippen molar-refractivity contribution in [2.45, 2.75) is 12.8 Å². The largest absolute Gasteiger partial charge is 0.458 e. The zero-order chi connectivity index (χ0) is 21.8. The van der Waals surface area contributed by atoms with E-state index in [4.69, 9.17) is 9.40 Å². The van der Waals surface area contributed by atoms with E-state index < -0.39 is 0 Å². The molecule has 0 atom stereocenters. The van der Waals surface area contributed by atoms with Gasteiger partial charge in [0.25, 0.3) is 0 Å². The highest BCUT2D eigenvalue weighted by Gasteiger charge is 2.24. The molecule has 0 saturated carbocycles. The van der Waals surface area contributed by atoms with Crippen LogP contribution < -0.4 is 0 Å². The van der Waals surface area contributed by atoms with Gasteiger partial charge in [-0.05, 0) is 57.6 Å². The Balaban J connectivity index is 1.51. The van der Waals surface area contributed by atoms with Crippen molar-refractivity contribution in [3.05, 3.63) is 115 Å². The van der Waals surface area contributed by atoms with E-state index in [-0.39, 0.29) is 0 Å². The van der Waals surface area contributed by atoms with Crippen molar-refractivity contribution in [1.82, 2.24) is 4.98 Å². The fourth-order valence-electron chi connectivity index (χ4n) is 5.28. The topological polar surface area (TPSA) is 26.0 Å². The first-order valence-corrected chi connectivity index (χ1v) is 11.4. The fraction of sp³-hybridized carbons (Fsp3) is 0.0645. The van der Waals surface area contributed by atoms with Crippen LogP contribution in [0.4, 0.5) is 0 Å². The van der Waals surface area contributed by atoms with E-state index in [2.05, 4.69) is 97.1 Å². The van der Waals surface area contributed by atoms with Crippen molar-refractivity contribution in [2.24, 2.45) is 0 Å². The molecular weight excluding hydrogens is 402 g/mol. The summed E-state index contributed by atoms with van der Waals surface area (Å²) >= 11 is 0. The van der Waals surface area contributed by atoms with Crippen LogP contribution >= 0.6 is 0 Å². The van der Waals surface area contributed by atoms with Crippen molar-refractivity contribution < 1.29 is 4.42 Å². The molecule has 0 saturated heterocycles. The van der Waals surface area contributed by atoms with E-state index in [1.807, 2.05) is 6.20 Å². The second kappa shape index (κ2) is 7.18. The summed E-state index contributed by atoms with van der Waals surface area (Å²) in [6.07, 6.45) is 3.86. The van der Waals surface area contributed by atoms with Gasteiger partial charge in [-0.15, -0.1) is 0 Å². The van der Waals surface area contributed by atoms with Crippen molar-refractivity contribution in [2.75, 3.05) is 0 Å². The second-order valence-corrected chi connectivity index (χ2v) is 8.70. The average molecular weight is 424 g/mol. The third kappa shape index (κ3) is 2.84. The lowest BCUT2D eigenvalue weighted by Gasteiger charge is -2.14. The maximum absolute atomic E-state index is 6.53. The number of hydrogen-bond donors (Lipinski definition) is 0. The molecule has 0 bridgehead atoms. The van der Waals surface area contributed by atoms with E-state index in [0.717, 1.165) is 40.8 Å². The van der Waals surface area contributed by atoms with Crippen LogP contribution in [0.5, 0.6) is 0 Å². The fourth-order valence-corrected chi connectivity index (χ4v) is 5.28. The lowest BCUT2D eigenvalue weighted by molar-refractivity contribution is 0.546. The predicted octanol–water partition coefficient (Wildman–Crippen LogP) is 8.08. The van der Waals surface area contributed by atoms with E-state index >= 15 is 0 Å². The number of aromatic nitrogens is 1. The van der Waals surface area contributed by atoms with Gasteiger partial charge in [0, 0.05) is 29.1 Å². The van der Waals surface area contributed by atoms with Crippen molar-refractivity contribution >= 4 is 21.7 Å². The molecule has 2 aromatic heterocycles. The van der Waals surface area contributed by atoms with Gasteiger partial charge in [0.15, 0.2) is 5.58 Å². The van der Waals surface area contributed by atoms with Crippen LogP contribution in [0, 0.1) is 0 Å². The second-order valence-electron chi connectivity index (χ2n) is 8.70. The van der Waals surface area contributed by atoms with Crippen molar-refractivity contribution in [3.8, 4) is 33.5 Å². The molecule has 0 spiro atoms. The molecule has 4 aromatic carbocycles. The molecule has 0 N–H and O–H groups in total. The van der Waals surface area contributed by atoms with Crippen LogP contribution in [0.3, 0.4) is 0 Å². The molecule has 0 aliphatic heterocycles. The van der Waals surface area contributed by atoms with Gasteiger partial charge < -0.3 is 4.42 Å². The maximum atomic E-state index is 6.53. The first-order valence-electron chi connectivity index (χ1n) is 11.4. The Morgan fingerprint density at radius 3 is 2.39 bits per heavy atom. The van der Waals surface area contributed by atoms with E-state index in [1.165, 1.54) is 38.6 Å². The van der Waals surface area contributed by atoms with Gasteiger partial charge in [0.1, 0.15) is 11.5 Å². The molecule has 0 unspecified atom stereocenters. The summed E-state index contributed by atoms with van der Waals surface area (Å²) in [5.74, 6) is 1.07. The van der Waals surface area contributed by atoms with Gasteiger partial charge in [0.05, 0.1) is 0 Å². The molecule has 1 aliphatic carbocycles. The van der Waals surface area contributed by atoms with Crippen molar-refractivity contribution in [1.29, 1.82) is 0 Å². The summed E-state index contributed by atoms with van der Waals surface area (Å²) in [7, 11) is 0. The van der Waals surface area contributed by atoms with Gasteiger partial charge in [-0.3, -0.25) is 4.98 Å². The smallest absolute Gasteiger partial charge is 0.161 e. The number of nitrogens with zero attached hydrogens (tertiary/aromatic N) is 1. The Labute approximate surface area is 192 Å². The van der Waals surface area contributed by atoms with Crippen LogP contribution in [0.15, 0.2) is 108 Å². The Kier molecular flexibility index (Phi) is 4.00. The Hall–Kier alpha value is -4.17. The summed E-state index contributed by atoms with van der Waals surface area (Å²) in [4.78, 5) is 4.82. The number of hydrogen-bond acceptors (Lipinski definition) is 2. The summed E-state index contributed by atoms with van der Waals surface area (Å²) in [6, 6.07) is 34.4. The van der Waals surface area contributed by atoms with Crippen LogP contribution in [-0.2, 0) is 12.8 Å². The minimum Gasteiger partial charge on any atom is -0.458 e. The van der Waals surface area contributed by atoms with Crippen LogP contribution in [0.1, 0.15) is 11.3 Å². The lowest BCUT2D eigenvalue weighted by atomic mass is 9.88. The summed E-state index contributed by atoms with van der Waals surface area (Å²) in [5.41, 5.74) is 9.20. The number of pyridine rings is 1. The normalized spacial score (nSPS) is 12.6. The van der Waals surface area contributed by atoms with Gasteiger partial charge in [0.2, 0.25) is 0 Å². The standard InChI is InChI=1S/C31H21NO/c1-2-8-20(9-3-1)27-19-23(18-22-11-5-6-12-24(22)27)30-31-26(16-17-32-30)29-25-13-7-4-10-21(25)14-15-28(29)33-31/h1-13,16-19H,14-15H2. The molecule has 2 heteroatoms. The monoisotopic (exact) mass is 423 g/mol. The van der Waals surface area contributed by atoms with Crippen LogP contribution in [-0.4, -0.2) is 4.98 Å². The Morgan fingerprint density at radius 1 is 0.636 bits per heavy atom. The maximum Gasteiger partial charge on any atom is 0.161 e. The van der Waals surface area contributed by atoms with Crippen LogP contribution in [0.2, 0.25) is 0 Å². The summed E-state index contributed by atoms with van der Waals surface area (Å²) in [5, 5.41) is 3.60. The van der Waals surface area contributed by atoms with Gasteiger partial charge in [-0.2, -0.15) is 0 Å². The number of aryl methyl sites for hydroxylation is 2. The van der Waals surface area contributed by atoms with E-state index in [0.29, 0.717) is 0 Å². The zero-order valence-electron chi connectivity index (χ0n) is 18.1. The predicted molar refractivity (Wildman–Crippen MR) is 135 cm³/mol. The number of benzene rings is 4. The number of rotatable bonds is 2. The van der Waals surface area contributed by atoms with Crippen LogP contribution in [0.25, 0.3) is 55.3 Å². The molecule has 2 nitrogen and oxygen atoms in total. The summed E-state index contributed by atoms with van der Waals surface area (Å²) in [6.45, 7) is 0. The Bertz CT molecular complexity index is 1660. The first kappa shape index (κ1) is 18.4. The molecular formula is C31H21NO. The molecule has 0 radical (unpaired) electrons. The third-order valence-corrected chi connectivity index (χ3v) is 6.81. The highest BCUT2D eigenvalue weighted by Crippen LogP contribution is 2.44. The lowest BCUT2D eigenvalue weighted by Crippen LogP contribution is -2.00. The van der Waals surface area contributed by atoms with Gasteiger partial charge in [-0.25, -0.2) is 0 Å². The molecule has 0 fully saturated rings. The molecule has 1 aliphatic rings. The van der Waals surface area contributed by atoms with Gasteiger partial charge in [-0.1, -0.05) is 78.9 Å². The zero-order valence-corrected chi connectivity index (χ0v) is 18.1. The molecule has 2 heterocycles. The quantitative estimate of drug-likeness (QED) is 0.281. The molecule has 6 aromatic rings.